The van der Waals surface area contributed by atoms with Gasteiger partial charge in [0.2, 0.25) is 0 Å². The van der Waals surface area contributed by atoms with Gasteiger partial charge in [-0.3, -0.25) is 4.79 Å². The molecule has 3 rings (SSSR count). The number of rotatable bonds is 5. The molecular formula is C22H14ClN3O3. The third kappa shape index (κ3) is 5.28. The molecular weight excluding hydrogens is 390 g/mol. The lowest BCUT2D eigenvalue weighted by molar-refractivity contribution is 0.0734. The highest BCUT2D eigenvalue weighted by molar-refractivity contribution is 6.33. The smallest absolute Gasteiger partial charge is 0.345 e. The second kappa shape index (κ2) is 9.31. The third-order valence-corrected chi connectivity index (χ3v) is 4.17. The number of hydrogen-bond donors (Lipinski definition) is 1. The van der Waals surface area contributed by atoms with Crippen molar-refractivity contribution in [3.8, 4) is 11.8 Å². The maximum absolute atomic E-state index is 12.1. The van der Waals surface area contributed by atoms with Crippen molar-refractivity contribution in [1.29, 1.82) is 5.26 Å². The highest BCUT2D eigenvalue weighted by Crippen LogP contribution is 2.18. The summed E-state index contributed by atoms with van der Waals surface area (Å²) < 4.78 is 5.30. The topological polar surface area (TPSA) is 91.6 Å². The Morgan fingerprint density at radius 2 is 1.69 bits per heavy atom. The molecule has 142 valence electrons. The molecule has 0 unspecified atom stereocenters. The standard InChI is InChI=1S/C22H14ClN3O3/c23-20-4-2-1-3-19(20)22(28)29-18-11-7-16(8-12-18)14-25-26-21(27)17-9-5-15(13-24)6-10-17/h1-12,14H,(H,26,27)/b25-14-. The molecule has 0 atom stereocenters. The molecule has 3 aromatic carbocycles. The number of carbonyl (C=O) groups excluding carboxylic acids is 2. The lowest BCUT2D eigenvalue weighted by atomic mass is 10.1. The highest BCUT2D eigenvalue weighted by atomic mass is 35.5. The van der Waals surface area contributed by atoms with Crippen LogP contribution in [-0.2, 0) is 0 Å². The second-order valence-electron chi connectivity index (χ2n) is 5.83. The minimum absolute atomic E-state index is 0.283. The molecule has 0 aliphatic heterocycles. The third-order valence-electron chi connectivity index (χ3n) is 3.84. The fraction of sp³-hybridized carbons (Fsp3) is 0. The summed E-state index contributed by atoms with van der Waals surface area (Å²) in [5.41, 5.74) is 4.25. The summed E-state index contributed by atoms with van der Waals surface area (Å²) in [6.45, 7) is 0. The van der Waals surface area contributed by atoms with E-state index in [2.05, 4.69) is 10.5 Å². The van der Waals surface area contributed by atoms with Crippen molar-refractivity contribution in [1.82, 2.24) is 5.43 Å². The summed E-state index contributed by atoms with van der Waals surface area (Å²) in [6.07, 6.45) is 1.46. The number of ether oxygens (including phenoxy) is 1. The molecule has 0 heterocycles. The van der Waals surface area contributed by atoms with Gasteiger partial charge in [-0.25, -0.2) is 10.2 Å². The van der Waals surface area contributed by atoms with Crippen molar-refractivity contribution >= 4 is 29.7 Å². The summed E-state index contributed by atoms with van der Waals surface area (Å²) in [4.78, 5) is 24.1. The molecule has 0 saturated carbocycles. The minimum Gasteiger partial charge on any atom is -0.423 e. The lowest BCUT2D eigenvalue weighted by Gasteiger charge is -2.06. The van der Waals surface area contributed by atoms with Gasteiger partial charge in [0.05, 0.1) is 28.4 Å². The summed E-state index contributed by atoms with van der Waals surface area (Å²) in [5, 5.41) is 13.0. The highest BCUT2D eigenvalue weighted by Gasteiger charge is 2.12. The number of esters is 1. The molecule has 6 nitrogen and oxygen atoms in total. The molecule has 0 radical (unpaired) electrons. The van der Waals surface area contributed by atoms with Gasteiger partial charge < -0.3 is 4.74 Å². The van der Waals surface area contributed by atoms with Crippen molar-refractivity contribution in [2.45, 2.75) is 0 Å². The Morgan fingerprint density at radius 1 is 1.00 bits per heavy atom. The summed E-state index contributed by atoms with van der Waals surface area (Å²) in [6, 6.07) is 21.4. The molecule has 0 aliphatic rings. The number of nitrogens with zero attached hydrogens (tertiary/aromatic N) is 2. The Labute approximate surface area is 172 Å². The Kier molecular flexibility index (Phi) is 6.36. The number of hydrazone groups is 1. The first-order chi connectivity index (χ1) is 14.1. The number of carbonyl (C=O) groups is 2. The monoisotopic (exact) mass is 403 g/mol. The van der Waals surface area contributed by atoms with E-state index in [4.69, 9.17) is 21.6 Å². The fourth-order valence-electron chi connectivity index (χ4n) is 2.34. The predicted octanol–water partition coefficient (Wildman–Crippen LogP) is 4.19. The van der Waals surface area contributed by atoms with Crippen LogP contribution in [0.3, 0.4) is 0 Å². The number of benzene rings is 3. The van der Waals surface area contributed by atoms with Crippen molar-refractivity contribution in [2.75, 3.05) is 0 Å². The van der Waals surface area contributed by atoms with E-state index in [1.807, 2.05) is 6.07 Å². The Balaban J connectivity index is 1.57. The fourth-order valence-corrected chi connectivity index (χ4v) is 2.55. The quantitative estimate of drug-likeness (QED) is 0.299. The van der Waals surface area contributed by atoms with Crippen LogP contribution in [0.4, 0.5) is 0 Å². The van der Waals surface area contributed by atoms with Gasteiger partial charge in [-0.2, -0.15) is 10.4 Å². The van der Waals surface area contributed by atoms with Crippen molar-refractivity contribution in [3.63, 3.8) is 0 Å². The van der Waals surface area contributed by atoms with E-state index in [0.717, 1.165) is 0 Å². The lowest BCUT2D eigenvalue weighted by Crippen LogP contribution is -2.17. The number of nitriles is 1. The molecule has 0 aliphatic carbocycles. The molecule has 0 spiro atoms. The van der Waals surface area contributed by atoms with E-state index < -0.39 is 11.9 Å². The van der Waals surface area contributed by atoms with Gasteiger partial charge >= 0.3 is 5.97 Å². The van der Waals surface area contributed by atoms with Crippen LogP contribution in [0, 0.1) is 11.3 Å². The minimum atomic E-state index is -0.549. The molecule has 29 heavy (non-hydrogen) atoms. The zero-order valence-electron chi connectivity index (χ0n) is 15.0. The average molecular weight is 404 g/mol. The number of halogens is 1. The van der Waals surface area contributed by atoms with Gasteiger partial charge in [0, 0.05) is 5.56 Å². The van der Waals surface area contributed by atoms with Crippen LogP contribution in [-0.4, -0.2) is 18.1 Å². The number of nitrogens with one attached hydrogen (secondary N) is 1. The largest absolute Gasteiger partial charge is 0.423 e. The van der Waals surface area contributed by atoms with E-state index in [1.165, 1.54) is 6.21 Å². The second-order valence-corrected chi connectivity index (χ2v) is 6.23. The summed E-state index contributed by atoms with van der Waals surface area (Å²) in [7, 11) is 0. The van der Waals surface area contributed by atoms with Crippen molar-refractivity contribution in [3.05, 3.63) is 100 Å². The maximum atomic E-state index is 12.1. The molecule has 0 saturated heterocycles. The Bertz CT molecular complexity index is 1100. The van der Waals surface area contributed by atoms with E-state index in [0.29, 0.717) is 27.5 Å². The van der Waals surface area contributed by atoms with Crippen LogP contribution >= 0.6 is 11.6 Å². The van der Waals surface area contributed by atoms with Gasteiger partial charge in [-0.15, -0.1) is 0 Å². The van der Waals surface area contributed by atoms with E-state index >= 15 is 0 Å². The normalized spacial score (nSPS) is 10.3. The van der Waals surface area contributed by atoms with Gasteiger partial charge in [-0.1, -0.05) is 23.7 Å². The van der Waals surface area contributed by atoms with E-state index in [-0.39, 0.29) is 5.56 Å². The zero-order valence-corrected chi connectivity index (χ0v) is 15.8. The molecule has 7 heteroatoms. The van der Waals surface area contributed by atoms with Gasteiger partial charge in [0.25, 0.3) is 5.91 Å². The maximum Gasteiger partial charge on any atom is 0.345 e. The SMILES string of the molecule is N#Cc1ccc(C(=O)N/N=C\c2ccc(OC(=O)c3ccccc3Cl)cc2)cc1. The molecule has 1 N–H and O–H groups in total. The van der Waals surface area contributed by atoms with Crippen LogP contribution in [0.15, 0.2) is 77.9 Å². The van der Waals surface area contributed by atoms with Crippen LogP contribution in [0.1, 0.15) is 31.8 Å². The van der Waals surface area contributed by atoms with Crippen LogP contribution in [0.25, 0.3) is 0 Å². The number of hydrogen-bond acceptors (Lipinski definition) is 5. The van der Waals surface area contributed by atoms with E-state index in [9.17, 15) is 9.59 Å². The van der Waals surface area contributed by atoms with Gasteiger partial charge in [0.1, 0.15) is 5.75 Å². The summed E-state index contributed by atoms with van der Waals surface area (Å²) >= 11 is 5.99. The first-order valence-corrected chi connectivity index (χ1v) is 8.85. The average Bonchev–Trinajstić information content (AvgIpc) is 2.75. The summed E-state index contributed by atoms with van der Waals surface area (Å²) in [5.74, 6) is -0.587. The number of amides is 1. The molecule has 0 bridgehead atoms. The molecule has 1 amide bonds. The van der Waals surface area contributed by atoms with Gasteiger partial charge in [-0.05, 0) is 66.2 Å². The first kappa shape index (κ1) is 19.8. The Morgan fingerprint density at radius 3 is 2.34 bits per heavy atom. The molecule has 3 aromatic rings. The predicted molar refractivity (Wildman–Crippen MR) is 109 cm³/mol. The van der Waals surface area contributed by atoms with Crippen LogP contribution < -0.4 is 10.2 Å². The first-order valence-electron chi connectivity index (χ1n) is 8.47. The van der Waals surface area contributed by atoms with E-state index in [1.54, 1.807) is 72.8 Å². The molecule has 0 fully saturated rings. The van der Waals surface area contributed by atoms with Crippen molar-refractivity contribution < 1.29 is 14.3 Å². The Hall–Kier alpha value is -3.95. The zero-order chi connectivity index (χ0) is 20.6. The van der Waals surface area contributed by atoms with Crippen LogP contribution in [0.5, 0.6) is 5.75 Å². The van der Waals surface area contributed by atoms with Crippen molar-refractivity contribution in [2.24, 2.45) is 5.10 Å². The molecule has 0 aromatic heterocycles. The van der Waals surface area contributed by atoms with Gasteiger partial charge in [0.15, 0.2) is 0 Å². The van der Waals surface area contributed by atoms with Crippen LogP contribution in [0.2, 0.25) is 5.02 Å².